The molecule has 1 aromatic heterocycles. The van der Waals surface area contributed by atoms with Crippen molar-refractivity contribution in [3.63, 3.8) is 0 Å². The molecule has 1 aliphatic rings. The van der Waals surface area contributed by atoms with Gasteiger partial charge in [-0.1, -0.05) is 41.9 Å². The van der Waals surface area contributed by atoms with Gasteiger partial charge in [-0.25, -0.2) is 0 Å². The number of carbonyl (C=O) groups is 2. The number of nitrogens with zero attached hydrogens (tertiary/aromatic N) is 2. The first-order chi connectivity index (χ1) is 14.0. The highest BCUT2D eigenvalue weighted by Crippen LogP contribution is 2.32. The van der Waals surface area contributed by atoms with E-state index in [1.807, 2.05) is 61.0 Å². The zero-order valence-electron chi connectivity index (χ0n) is 16.2. The van der Waals surface area contributed by atoms with Crippen molar-refractivity contribution >= 4 is 34.8 Å². The Morgan fingerprint density at radius 2 is 1.79 bits per heavy atom. The first kappa shape index (κ1) is 19.2. The van der Waals surface area contributed by atoms with Gasteiger partial charge in [0.15, 0.2) is 6.20 Å². The van der Waals surface area contributed by atoms with Crippen LogP contribution in [0.3, 0.4) is 0 Å². The molecule has 1 N–H and O–H groups in total. The summed E-state index contributed by atoms with van der Waals surface area (Å²) in [6, 6.07) is 17.7. The van der Waals surface area contributed by atoms with Gasteiger partial charge in [0.25, 0.3) is 11.8 Å². The second-order valence-electron chi connectivity index (χ2n) is 7.16. The van der Waals surface area contributed by atoms with Gasteiger partial charge in [-0.3, -0.25) is 14.5 Å². The van der Waals surface area contributed by atoms with Crippen LogP contribution in [0.15, 0.2) is 66.9 Å². The Balaban J connectivity index is 1.81. The molecule has 0 unspecified atom stereocenters. The summed E-state index contributed by atoms with van der Waals surface area (Å²) in [6.07, 6.45) is 1.82. The molecule has 0 bridgehead atoms. The zero-order chi connectivity index (χ0) is 20.5. The van der Waals surface area contributed by atoms with E-state index < -0.39 is 6.04 Å². The fourth-order valence-electron chi connectivity index (χ4n) is 3.75. The Bertz CT molecular complexity index is 1090. The maximum Gasteiger partial charge on any atom is 0.294 e. The van der Waals surface area contributed by atoms with E-state index in [1.165, 1.54) is 4.90 Å². The van der Waals surface area contributed by atoms with E-state index in [-0.39, 0.29) is 18.4 Å². The molecule has 2 heterocycles. The first-order valence-electron chi connectivity index (χ1n) is 9.39. The molecular weight excluding hydrogens is 386 g/mol. The number of fused-ring (bicyclic) bond motifs is 1. The SMILES string of the molecule is Cc1cccc(C)c1NC(=O)[C@@H]1c2cccc[n+]2CC(=O)N1c1cccc(Cl)c1. The van der Waals surface area contributed by atoms with Crippen molar-refractivity contribution in [3.05, 3.63) is 88.7 Å². The van der Waals surface area contributed by atoms with Crippen molar-refractivity contribution in [1.29, 1.82) is 0 Å². The summed E-state index contributed by atoms with van der Waals surface area (Å²) in [5.41, 5.74) is 4.05. The number of halogens is 1. The average molecular weight is 407 g/mol. The molecule has 0 fully saturated rings. The molecule has 5 nitrogen and oxygen atoms in total. The minimum Gasteiger partial charge on any atom is -0.323 e. The lowest BCUT2D eigenvalue weighted by molar-refractivity contribution is -0.695. The van der Waals surface area contributed by atoms with Crippen molar-refractivity contribution in [1.82, 2.24) is 0 Å². The van der Waals surface area contributed by atoms with E-state index >= 15 is 0 Å². The molecule has 3 aromatic rings. The third-order valence-electron chi connectivity index (χ3n) is 5.15. The number of rotatable bonds is 3. The number of pyridine rings is 1. The number of aryl methyl sites for hydroxylation is 2. The summed E-state index contributed by atoms with van der Waals surface area (Å²) in [5, 5.41) is 3.55. The van der Waals surface area contributed by atoms with E-state index in [4.69, 9.17) is 11.6 Å². The summed E-state index contributed by atoms with van der Waals surface area (Å²) in [6.45, 7) is 4.06. The van der Waals surface area contributed by atoms with Gasteiger partial charge in [0, 0.05) is 28.5 Å². The first-order valence-corrected chi connectivity index (χ1v) is 9.76. The molecule has 4 rings (SSSR count). The van der Waals surface area contributed by atoms with Gasteiger partial charge in [-0.15, -0.1) is 0 Å². The van der Waals surface area contributed by atoms with Crippen LogP contribution in [-0.2, 0) is 16.1 Å². The van der Waals surface area contributed by atoms with Gasteiger partial charge < -0.3 is 5.32 Å². The Labute approximate surface area is 174 Å². The predicted molar refractivity (Wildman–Crippen MR) is 113 cm³/mol. The molecule has 2 aromatic carbocycles. The van der Waals surface area contributed by atoms with E-state index in [1.54, 1.807) is 24.3 Å². The van der Waals surface area contributed by atoms with Crippen LogP contribution in [0.2, 0.25) is 5.02 Å². The number of hydrogen-bond acceptors (Lipinski definition) is 2. The molecule has 2 amide bonds. The average Bonchev–Trinajstić information content (AvgIpc) is 2.69. The highest BCUT2D eigenvalue weighted by Gasteiger charge is 2.43. The molecular formula is C23H21ClN3O2+. The van der Waals surface area contributed by atoms with Crippen LogP contribution >= 0.6 is 11.6 Å². The Morgan fingerprint density at radius 1 is 1.07 bits per heavy atom. The highest BCUT2D eigenvalue weighted by atomic mass is 35.5. The van der Waals surface area contributed by atoms with Crippen LogP contribution in [-0.4, -0.2) is 11.8 Å². The number of nitrogens with one attached hydrogen (secondary N) is 1. The minimum absolute atomic E-state index is 0.163. The number of carbonyl (C=O) groups excluding carboxylic acids is 2. The molecule has 0 radical (unpaired) electrons. The van der Waals surface area contributed by atoms with Gasteiger partial charge in [0.2, 0.25) is 18.3 Å². The molecule has 1 aliphatic heterocycles. The molecule has 0 spiro atoms. The Hall–Kier alpha value is -3.18. The number of hydrogen-bond donors (Lipinski definition) is 1. The topological polar surface area (TPSA) is 53.3 Å². The van der Waals surface area contributed by atoms with Crippen LogP contribution in [0.25, 0.3) is 0 Å². The second kappa shape index (κ2) is 7.68. The van der Waals surface area contributed by atoms with Crippen molar-refractivity contribution < 1.29 is 14.2 Å². The maximum absolute atomic E-state index is 13.5. The number of amides is 2. The number of anilines is 2. The standard InChI is InChI=1S/C23H20ClN3O2/c1-15-7-5-8-16(2)21(15)25-23(29)22-19-11-3-4-12-26(19)14-20(28)27(22)18-10-6-9-17(24)13-18/h3-13,22H,14H2,1-2H3/p+1/t22-/m0/s1. The van der Waals surface area contributed by atoms with Crippen LogP contribution in [0.5, 0.6) is 0 Å². The van der Waals surface area contributed by atoms with Crippen LogP contribution in [0, 0.1) is 13.8 Å². The van der Waals surface area contributed by atoms with E-state index in [0.29, 0.717) is 10.7 Å². The van der Waals surface area contributed by atoms with Crippen LogP contribution in [0.4, 0.5) is 11.4 Å². The quantitative estimate of drug-likeness (QED) is 0.669. The summed E-state index contributed by atoms with van der Waals surface area (Å²) in [7, 11) is 0. The lowest BCUT2D eigenvalue weighted by atomic mass is 10.0. The smallest absolute Gasteiger partial charge is 0.294 e. The largest absolute Gasteiger partial charge is 0.323 e. The predicted octanol–water partition coefficient (Wildman–Crippen LogP) is 3.97. The van der Waals surface area contributed by atoms with E-state index in [2.05, 4.69) is 5.32 Å². The van der Waals surface area contributed by atoms with E-state index in [9.17, 15) is 9.59 Å². The van der Waals surface area contributed by atoms with Crippen molar-refractivity contribution in [2.24, 2.45) is 0 Å². The zero-order valence-corrected chi connectivity index (χ0v) is 17.0. The number of para-hydroxylation sites is 1. The number of aromatic nitrogens is 1. The molecule has 146 valence electrons. The monoisotopic (exact) mass is 406 g/mol. The molecule has 29 heavy (non-hydrogen) atoms. The molecule has 0 saturated heterocycles. The fourth-order valence-corrected chi connectivity index (χ4v) is 3.94. The Kier molecular flexibility index (Phi) is 5.07. The third-order valence-corrected chi connectivity index (χ3v) is 5.39. The van der Waals surface area contributed by atoms with Crippen molar-refractivity contribution in [2.75, 3.05) is 10.2 Å². The van der Waals surface area contributed by atoms with Crippen LogP contribution in [0.1, 0.15) is 22.9 Å². The normalized spacial score (nSPS) is 15.8. The van der Waals surface area contributed by atoms with Gasteiger partial charge in [0.05, 0.1) is 0 Å². The Morgan fingerprint density at radius 3 is 2.52 bits per heavy atom. The van der Waals surface area contributed by atoms with Gasteiger partial charge in [-0.2, -0.15) is 4.57 Å². The van der Waals surface area contributed by atoms with E-state index in [0.717, 1.165) is 22.5 Å². The summed E-state index contributed by atoms with van der Waals surface area (Å²) < 4.78 is 1.82. The molecule has 6 heteroatoms. The molecule has 1 atom stereocenters. The van der Waals surface area contributed by atoms with Gasteiger partial charge in [0.1, 0.15) is 0 Å². The maximum atomic E-state index is 13.5. The number of benzene rings is 2. The summed E-state index contributed by atoms with van der Waals surface area (Å²) in [5.74, 6) is -0.437. The van der Waals surface area contributed by atoms with Crippen LogP contribution < -0.4 is 14.8 Å². The molecule has 0 aliphatic carbocycles. The lowest BCUT2D eigenvalue weighted by Gasteiger charge is -2.32. The van der Waals surface area contributed by atoms with Gasteiger partial charge >= 0.3 is 0 Å². The van der Waals surface area contributed by atoms with Crippen molar-refractivity contribution in [3.8, 4) is 0 Å². The second-order valence-corrected chi connectivity index (χ2v) is 7.59. The minimum atomic E-state index is -0.810. The molecule has 0 saturated carbocycles. The fraction of sp³-hybridized carbons (Fsp3) is 0.174. The van der Waals surface area contributed by atoms with Gasteiger partial charge in [-0.05, 0) is 43.2 Å². The highest BCUT2D eigenvalue weighted by molar-refractivity contribution is 6.31. The third kappa shape index (κ3) is 3.61. The lowest BCUT2D eigenvalue weighted by Crippen LogP contribution is -2.58. The summed E-state index contributed by atoms with van der Waals surface area (Å²) in [4.78, 5) is 28.1. The summed E-state index contributed by atoms with van der Waals surface area (Å²) >= 11 is 6.17. The van der Waals surface area contributed by atoms with Crippen molar-refractivity contribution in [2.45, 2.75) is 26.4 Å².